The third-order valence-corrected chi connectivity index (χ3v) is 7.34. The standard InChI is InChI=1S/C28H39N5O2/c29-27(30)31-19-22-11-13-23(14-12-22)20-33(28(34)32-15-17-35-18-16-32)21-26(24-7-3-1-4-8-24)25-9-5-2-6-10-25/h1-10,22-23,26H,11-21H2,(H4,29,30,31). The number of guanidine groups is 1. The number of ether oxygens (including phenoxy) is 1. The van der Waals surface area contributed by atoms with Crippen LogP contribution in [0.1, 0.15) is 42.7 Å². The van der Waals surface area contributed by atoms with Crippen molar-refractivity contribution in [3.63, 3.8) is 0 Å². The number of nitrogens with zero attached hydrogens (tertiary/aromatic N) is 3. The van der Waals surface area contributed by atoms with Crippen LogP contribution in [0, 0.1) is 11.8 Å². The number of morpholine rings is 1. The first kappa shape index (κ1) is 25.0. The van der Waals surface area contributed by atoms with Gasteiger partial charge in [0.05, 0.1) is 13.2 Å². The predicted octanol–water partition coefficient (Wildman–Crippen LogP) is 3.65. The van der Waals surface area contributed by atoms with Crippen molar-refractivity contribution in [1.82, 2.24) is 9.80 Å². The number of urea groups is 1. The van der Waals surface area contributed by atoms with Crippen LogP contribution in [-0.4, -0.2) is 67.7 Å². The molecule has 0 unspecified atom stereocenters. The Hall–Kier alpha value is -3.06. The quantitative estimate of drug-likeness (QED) is 0.448. The molecule has 7 heteroatoms. The van der Waals surface area contributed by atoms with E-state index in [1.54, 1.807) is 0 Å². The molecule has 4 rings (SSSR count). The largest absolute Gasteiger partial charge is 0.378 e. The lowest BCUT2D eigenvalue weighted by Gasteiger charge is -2.38. The fraction of sp³-hybridized carbons (Fsp3) is 0.500. The summed E-state index contributed by atoms with van der Waals surface area (Å²) in [6.07, 6.45) is 4.39. The number of rotatable bonds is 8. The van der Waals surface area contributed by atoms with Crippen LogP contribution in [0.3, 0.4) is 0 Å². The van der Waals surface area contributed by atoms with Crippen molar-refractivity contribution in [3.05, 3.63) is 71.8 Å². The molecule has 2 aromatic rings. The second-order valence-corrected chi connectivity index (χ2v) is 9.81. The maximum absolute atomic E-state index is 13.8. The molecular weight excluding hydrogens is 438 g/mol. The fourth-order valence-electron chi connectivity index (χ4n) is 5.32. The van der Waals surface area contributed by atoms with Gasteiger partial charge in [0, 0.05) is 38.6 Å². The molecule has 188 valence electrons. The van der Waals surface area contributed by atoms with Crippen LogP contribution in [0.2, 0.25) is 0 Å². The summed E-state index contributed by atoms with van der Waals surface area (Å²) in [5, 5.41) is 0. The predicted molar refractivity (Wildman–Crippen MR) is 140 cm³/mol. The van der Waals surface area contributed by atoms with Gasteiger partial charge in [0.25, 0.3) is 0 Å². The first-order valence-electron chi connectivity index (χ1n) is 12.9. The highest BCUT2D eigenvalue weighted by atomic mass is 16.5. The maximum Gasteiger partial charge on any atom is 0.320 e. The zero-order valence-corrected chi connectivity index (χ0v) is 20.6. The van der Waals surface area contributed by atoms with Crippen molar-refractivity contribution in [3.8, 4) is 0 Å². The summed E-state index contributed by atoms with van der Waals surface area (Å²) in [5.74, 6) is 1.31. The molecule has 0 radical (unpaired) electrons. The molecule has 0 aromatic heterocycles. The van der Waals surface area contributed by atoms with Crippen LogP contribution in [0.15, 0.2) is 65.7 Å². The molecular formula is C28H39N5O2. The molecule has 2 amide bonds. The van der Waals surface area contributed by atoms with Gasteiger partial charge in [0.15, 0.2) is 5.96 Å². The second kappa shape index (κ2) is 12.6. The van der Waals surface area contributed by atoms with Gasteiger partial charge in [-0.1, -0.05) is 60.7 Å². The van der Waals surface area contributed by atoms with Gasteiger partial charge in [-0.3, -0.25) is 4.99 Å². The monoisotopic (exact) mass is 477 g/mol. The molecule has 1 aliphatic heterocycles. The van der Waals surface area contributed by atoms with E-state index in [0.29, 0.717) is 51.2 Å². The van der Waals surface area contributed by atoms with Crippen LogP contribution in [0.5, 0.6) is 0 Å². The van der Waals surface area contributed by atoms with Gasteiger partial charge in [0.2, 0.25) is 0 Å². The Balaban J connectivity index is 1.51. The van der Waals surface area contributed by atoms with Crippen molar-refractivity contribution in [1.29, 1.82) is 0 Å². The fourth-order valence-corrected chi connectivity index (χ4v) is 5.32. The lowest BCUT2D eigenvalue weighted by Crippen LogP contribution is -2.50. The van der Waals surface area contributed by atoms with E-state index in [0.717, 1.165) is 32.2 Å². The summed E-state index contributed by atoms with van der Waals surface area (Å²) in [4.78, 5) is 22.0. The lowest BCUT2D eigenvalue weighted by molar-refractivity contribution is 0.0406. The molecule has 1 saturated carbocycles. The number of hydrogen-bond donors (Lipinski definition) is 2. The smallest absolute Gasteiger partial charge is 0.320 e. The summed E-state index contributed by atoms with van der Waals surface area (Å²) in [5.41, 5.74) is 13.5. The molecule has 2 aliphatic rings. The molecule has 7 nitrogen and oxygen atoms in total. The van der Waals surface area contributed by atoms with Gasteiger partial charge in [-0.2, -0.15) is 0 Å². The van der Waals surface area contributed by atoms with Crippen molar-refractivity contribution < 1.29 is 9.53 Å². The van der Waals surface area contributed by atoms with E-state index >= 15 is 0 Å². The molecule has 2 aromatic carbocycles. The first-order valence-corrected chi connectivity index (χ1v) is 12.9. The highest BCUT2D eigenvalue weighted by Crippen LogP contribution is 2.32. The molecule has 1 heterocycles. The number of carbonyl (C=O) groups is 1. The van der Waals surface area contributed by atoms with E-state index < -0.39 is 0 Å². The van der Waals surface area contributed by atoms with Gasteiger partial charge < -0.3 is 26.0 Å². The minimum absolute atomic E-state index is 0.126. The van der Waals surface area contributed by atoms with E-state index in [4.69, 9.17) is 16.2 Å². The van der Waals surface area contributed by atoms with Crippen LogP contribution in [0.4, 0.5) is 4.79 Å². The number of nitrogens with two attached hydrogens (primary N) is 2. The Kier molecular flexibility index (Phi) is 9.01. The van der Waals surface area contributed by atoms with E-state index in [-0.39, 0.29) is 17.9 Å². The average molecular weight is 478 g/mol. The SMILES string of the molecule is NC(N)=NCC1CCC(CN(CC(c2ccccc2)c2ccccc2)C(=O)N2CCOCC2)CC1. The Morgan fingerprint density at radius 3 is 2.00 bits per heavy atom. The Bertz CT molecular complexity index is 895. The van der Waals surface area contributed by atoms with E-state index in [1.807, 2.05) is 17.0 Å². The van der Waals surface area contributed by atoms with Crippen molar-refractivity contribution >= 4 is 12.0 Å². The van der Waals surface area contributed by atoms with Gasteiger partial charge in [0.1, 0.15) is 0 Å². The maximum atomic E-state index is 13.8. The number of amides is 2. The highest BCUT2D eigenvalue weighted by Gasteiger charge is 2.30. The molecule has 0 spiro atoms. The summed E-state index contributed by atoms with van der Waals surface area (Å²) in [7, 11) is 0. The molecule has 35 heavy (non-hydrogen) atoms. The number of aliphatic imine (C=N–C) groups is 1. The zero-order chi connectivity index (χ0) is 24.5. The number of benzene rings is 2. The average Bonchev–Trinajstić information content (AvgIpc) is 2.91. The number of hydrogen-bond acceptors (Lipinski definition) is 3. The molecule has 1 saturated heterocycles. The van der Waals surface area contributed by atoms with Crippen LogP contribution >= 0.6 is 0 Å². The Morgan fingerprint density at radius 1 is 0.914 bits per heavy atom. The Labute approximate surface area is 209 Å². The Morgan fingerprint density at radius 2 is 1.46 bits per heavy atom. The van der Waals surface area contributed by atoms with Gasteiger partial charge in [-0.25, -0.2) is 4.79 Å². The van der Waals surface area contributed by atoms with Gasteiger partial charge in [-0.15, -0.1) is 0 Å². The highest BCUT2D eigenvalue weighted by molar-refractivity contribution is 5.75. The molecule has 4 N–H and O–H groups in total. The van der Waals surface area contributed by atoms with Gasteiger partial charge in [-0.05, 0) is 48.6 Å². The third-order valence-electron chi connectivity index (χ3n) is 7.34. The summed E-state index contributed by atoms with van der Waals surface area (Å²) >= 11 is 0. The zero-order valence-electron chi connectivity index (χ0n) is 20.6. The summed E-state index contributed by atoms with van der Waals surface area (Å²) < 4.78 is 5.51. The lowest BCUT2D eigenvalue weighted by atomic mass is 9.81. The van der Waals surface area contributed by atoms with Crippen LogP contribution in [-0.2, 0) is 4.74 Å². The minimum atomic E-state index is 0.126. The molecule has 0 atom stereocenters. The second-order valence-electron chi connectivity index (χ2n) is 9.81. The topological polar surface area (TPSA) is 97.2 Å². The molecule has 1 aliphatic carbocycles. The van der Waals surface area contributed by atoms with Gasteiger partial charge >= 0.3 is 6.03 Å². The summed E-state index contributed by atoms with van der Waals surface area (Å²) in [6, 6.07) is 21.2. The van der Waals surface area contributed by atoms with E-state index in [2.05, 4.69) is 58.4 Å². The summed E-state index contributed by atoms with van der Waals surface area (Å²) in [6.45, 7) is 4.67. The molecule has 2 fully saturated rings. The van der Waals surface area contributed by atoms with E-state index in [9.17, 15) is 4.79 Å². The first-order chi connectivity index (χ1) is 17.1. The van der Waals surface area contributed by atoms with E-state index in [1.165, 1.54) is 11.1 Å². The van der Waals surface area contributed by atoms with Crippen LogP contribution in [0.25, 0.3) is 0 Å². The van der Waals surface area contributed by atoms with Crippen molar-refractivity contribution in [2.24, 2.45) is 28.3 Å². The van der Waals surface area contributed by atoms with Crippen molar-refractivity contribution in [2.75, 3.05) is 45.9 Å². The number of carbonyl (C=O) groups excluding carboxylic acids is 1. The normalized spacial score (nSPS) is 20.4. The van der Waals surface area contributed by atoms with Crippen molar-refractivity contribution in [2.45, 2.75) is 31.6 Å². The van der Waals surface area contributed by atoms with Crippen LogP contribution < -0.4 is 11.5 Å². The third kappa shape index (κ3) is 7.21. The minimum Gasteiger partial charge on any atom is -0.378 e. The molecule has 0 bridgehead atoms.